The van der Waals surface area contributed by atoms with Crippen molar-refractivity contribution in [2.75, 3.05) is 13.6 Å². The van der Waals surface area contributed by atoms with Crippen molar-refractivity contribution >= 4 is 0 Å². The lowest BCUT2D eigenvalue weighted by atomic mass is 10.1. The number of nitrogens with zero attached hydrogens (tertiary/aromatic N) is 2. The highest BCUT2D eigenvalue weighted by molar-refractivity contribution is 4.95. The first-order valence-corrected chi connectivity index (χ1v) is 8.45. The van der Waals surface area contributed by atoms with E-state index in [9.17, 15) is 0 Å². The van der Waals surface area contributed by atoms with Gasteiger partial charge in [-0.3, -0.25) is 0 Å². The van der Waals surface area contributed by atoms with Crippen LogP contribution < -0.4 is 0 Å². The number of unbranched alkanes of at least 4 members (excludes halogenated alkanes) is 7. The van der Waals surface area contributed by atoms with E-state index in [0.717, 1.165) is 0 Å². The van der Waals surface area contributed by atoms with E-state index in [0.29, 0.717) is 6.17 Å². The van der Waals surface area contributed by atoms with Crippen LogP contribution in [0.15, 0.2) is 12.4 Å². The first kappa shape index (κ1) is 16.4. The smallest absolute Gasteiger partial charge is 0.100 e. The van der Waals surface area contributed by atoms with Crippen molar-refractivity contribution in [1.82, 2.24) is 9.80 Å². The molecule has 0 aromatic rings. The Kier molecular flexibility index (Phi) is 8.77. The van der Waals surface area contributed by atoms with Crippen molar-refractivity contribution < 1.29 is 0 Å². The van der Waals surface area contributed by atoms with E-state index in [1.54, 1.807) is 0 Å². The Morgan fingerprint density at radius 2 is 1.42 bits per heavy atom. The molecule has 1 aliphatic heterocycles. The lowest BCUT2D eigenvalue weighted by Gasteiger charge is -2.30. The molecule has 2 nitrogen and oxygen atoms in total. The summed E-state index contributed by atoms with van der Waals surface area (Å²) in [5, 5.41) is 0. The van der Waals surface area contributed by atoms with Gasteiger partial charge in [0.25, 0.3) is 0 Å². The molecule has 19 heavy (non-hydrogen) atoms. The summed E-state index contributed by atoms with van der Waals surface area (Å²) in [6.45, 7) is 5.78. The van der Waals surface area contributed by atoms with Crippen LogP contribution in [-0.4, -0.2) is 29.6 Å². The van der Waals surface area contributed by atoms with Gasteiger partial charge in [0.15, 0.2) is 0 Å². The standard InChI is InChI=1S/C17H34N2/c1-4-6-8-9-10-11-12-13-17-18(3)15-16-19(17)14-7-5-2/h15-17H,4-14H2,1-3H3. The lowest BCUT2D eigenvalue weighted by Crippen LogP contribution is -2.36. The Balaban J connectivity index is 2.09. The molecule has 0 N–H and O–H groups in total. The molecule has 1 heterocycles. The predicted octanol–water partition coefficient (Wildman–Crippen LogP) is 4.97. The summed E-state index contributed by atoms with van der Waals surface area (Å²) in [5.41, 5.74) is 0. The van der Waals surface area contributed by atoms with E-state index in [1.807, 2.05) is 0 Å². The molecular formula is C17H34N2. The normalized spacial score (nSPS) is 18.6. The van der Waals surface area contributed by atoms with Gasteiger partial charge in [0.2, 0.25) is 0 Å². The van der Waals surface area contributed by atoms with E-state index in [-0.39, 0.29) is 0 Å². The molecule has 0 aromatic heterocycles. The lowest BCUT2D eigenvalue weighted by molar-refractivity contribution is 0.160. The summed E-state index contributed by atoms with van der Waals surface area (Å²) in [7, 11) is 2.22. The van der Waals surface area contributed by atoms with Crippen LogP contribution in [0.1, 0.15) is 78.1 Å². The SMILES string of the molecule is CCCCCCCCCC1N(C)C=CN1CCCC. The Labute approximate surface area is 120 Å². The van der Waals surface area contributed by atoms with E-state index in [4.69, 9.17) is 0 Å². The van der Waals surface area contributed by atoms with E-state index in [2.05, 4.69) is 43.1 Å². The van der Waals surface area contributed by atoms with Crippen LogP contribution in [0.5, 0.6) is 0 Å². The third-order valence-corrected chi connectivity index (χ3v) is 4.18. The third-order valence-electron chi connectivity index (χ3n) is 4.18. The first-order chi connectivity index (χ1) is 9.29. The van der Waals surface area contributed by atoms with Gasteiger partial charge in [0.1, 0.15) is 6.17 Å². The van der Waals surface area contributed by atoms with Crippen molar-refractivity contribution in [2.45, 2.75) is 84.2 Å². The van der Waals surface area contributed by atoms with Gasteiger partial charge in [0.05, 0.1) is 0 Å². The van der Waals surface area contributed by atoms with Crippen LogP contribution in [0, 0.1) is 0 Å². The molecular weight excluding hydrogens is 232 g/mol. The molecule has 0 amide bonds. The van der Waals surface area contributed by atoms with Gasteiger partial charge in [-0.25, -0.2) is 0 Å². The topological polar surface area (TPSA) is 6.48 Å². The van der Waals surface area contributed by atoms with Gasteiger partial charge < -0.3 is 9.80 Å². The van der Waals surface area contributed by atoms with Crippen molar-refractivity contribution in [3.63, 3.8) is 0 Å². The van der Waals surface area contributed by atoms with E-state index < -0.39 is 0 Å². The molecule has 112 valence electrons. The molecule has 1 unspecified atom stereocenters. The van der Waals surface area contributed by atoms with Gasteiger partial charge in [-0.1, -0.05) is 58.8 Å². The Morgan fingerprint density at radius 1 is 0.789 bits per heavy atom. The summed E-state index contributed by atoms with van der Waals surface area (Å²) >= 11 is 0. The quantitative estimate of drug-likeness (QED) is 0.487. The van der Waals surface area contributed by atoms with Crippen molar-refractivity contribution in [3.8, 4) is 0 Å². The fourth-order valence-corrected chi connectivity index (χ4v) is 2.84. The number of rotatable bonds is 11. The highest BCUT2D eigenvalue weighted by Crippen LogP contribution is 2.20. The van der Waals surface area contributed by atoms with Crippen LogP contribution in [0.2, 0.25) is 0 Å². The van der Waals surface area contributed by atoms with E-state index >= 15 is 0 Å². The molecule has 0 bridgehead atoms. The molecule has 0 saturated heterocycles. The molecule has 1 rings (SSSR count). The minimum absolute atomic E-state index is 0.627. The molecule has 0 fully saturated rings. The highest BCUT2D eigenvalue weighted by atomic mass is 15.4. The minimum Gasteiger partial charge on any atom is -0.359 e. The van der Waals surface area contributed by atoms with Crippen molar-refractivity contribution in [1.29, 1.82) is 0 Å². The van der Waals surface area contributed by atoms with Crippen LogP contribution in [0.3, 0.4) is 0 Å². The summed E-state index contributed by atoms with van der Waals surface area (Å²) in [5.74, 6) is 0. The maximum absolute atomic E-state index is 2.53. The first-order valence-electron chi connectivity index (χ1n) is 8.45. The highest BCUT2D eigenvalue weighted by Gasteiger charge is 2.21. The average molecular weight is 266 g/mol. The van der Waals surface area contributed by atoms with Crippen LogP contribution in [-0.2, 0) is 0 Å². The Bertz CT molecular complexity index is 237. The largest absolute Gasteiger partial charge is 0.359 e. The molecule has 1 atom stereocenters. The average Bonchev–Trinajstić information content (AvgIpc) is 2.76. The van der Waals surface area contributed by atoms with Gasteiger partial charge >= 0.3 is 0 Å². The molecule has 0 radical (unpaired) electrons. The second-order valence-corrected chi connectivity index (χ2v) is 5.95. The van der Waals surface area contributed by atoms with Crippen LogP contribution in [0.4, 0.5) is 0 Å². The maximum atomic E-state index is 2.53. The fraction of sp³-hybridized carbons (Fsp3) is 0.882. The van der Waals surface area contributed by atoms with Crippen LogP contribution in [0.25, 0.3) is 0 Å². The minimum atomic E-state index is 0.627. The van der Waals surface area contributed by atoms with E-state index in [1.165, 1.54) is 70.8 Å². The van der Waals surface area contributed by atoms with Gasteiger partial charge in [-0.15, -0.1) is 0 Å². The van der Waals surface area contributed by atoms with Gasteiger partial charge in [-0.05, 0) is 19.3 Å². The number of hydrogen-bond acceptors (Lipinski definition) is 2. The second kappa shape index (κ2) is 10.2. The monoisotopic (exact) mass is 266 g/mol. The second-order valence-electron chi connectivity index (χ2n) is 5.95. The molecule has 0 saturated carbocycles. The summed E-state index contributed by atoms with van der Waals surface area (Å²) < 4.78 is 0. The Morgan fingerprint density at radius 3 is 2.11 bits per heavy atom. The molecule has 0 aliphatic carbocycles. The third kappa shape index (κ3) is 6.35. The summed E-state index contributed by atoms with van der Waals surface area (Å²) in [6, 6.07) is 0. The zero-order valence-corrected chi connectivity index (χ0v) is 13.4. The van der Waals surface area contributed by atoms with Crippen molar-refractivity contribution in [3.05, 3.63) is 12.4 Å². The fourth-order valence-electron chi connectivity index (χ4n) is 2.84. The maximum Gasteiger partial charge on any atom is 0.100 e. The zero-order valence-electron chi connectivity index (χ0n) is 13.4. The zero-order chi connectivity index (χ0) is 13.9. The molecule has 0 spiro atoms. The summed E-state index contributed by atoms with van der Waals surface area (Å²) in [4.78, 5) is 4.91. The van der Waals surface area contributed by atoms with Gasteiger partial charge in [-0.2, -0.15) is 0 Å². The van der Waals surface area contributed by atoms with Crippen molar-refractivity contribution in [2.24, 2.45) is 0 Å². The molecule has 2 heteroatoms. The molecule has 0 aromatic carbocycles. The predicted molar refractivity (Wildman–Crippen MR) is 84.9 cm³/mol. The van der Waals surface area contributed by atoms with Crippen LogP contribution >= 0.6 is 0 Å². The van der Waals surface area contributed by atoms with Gasteiger partial charge in [0, 0.05) is 26.0 Å². The summed E-state index contributed by atoms with van der Waals surface area (Å²) in [6.07, 6.45) is 18.9. The Hall–Kier alpha value is -0.660. The number of hydrogen-bond donors (Lipinski definition) is 0. The molecule has 1 aliphatic rings.